The Morgan fingerprint density at radius 1 is 0.255 bits per heavy atom. The molecule has 55 heavy (non-hydrogen) atoms. The summed E-state index contributed by atoms with van der Waals surface area (Å²) in [6.45, 7) is 0. The highest BCUT2D eigenvalue weighted by molar-refractivity contribution is 8.34. The van der Waals surface area contributed by atoms with Gasteiger partial charge in [0, 0.05) is 36.3 Å². The highest BCUT2D eigenvalue weighted by Crippen LogP contribution is 2.80. The second-order valence-electron chi connectivity index (χ2n) is 13.6. The number of fused-ring (bicyclic) bond motifs is 3. The molecule has 8 aromatic carbocycles. The molecule has 0 N–H and O–H groups in total. The van der Waals surface area contributed by atoms with Gasteiger partial charge in [0.15, 0.2) is 17.5 Å². The summed E-state index contributed by atoms with van der Waals surface area (Å²) in [5.74, 6) is 1.92. The van der Waals surface area contributed by atoms with Gasteiger partial charge in [-0.25, -0.2) is 15.0 Å². The van der Waals surface area contributed by atoms with Crippen molar-refractivity contribution in [1.29, 1.82) is 0 Å². The van der Waals surface area contributed by atoms with Crippen LogP contribution in [0.1, 0.15) is 0 Å². The predicted octanol–water partition coefficient (Wildman–Crippen LogP) is 13.5. The Morgan fingerprint density at radius 2 is 0.655 bits per heavy atom. The van der Waals surface area contributed by atoms with Crippen molar-refractivity contribution in [3.05, 3.63) is 212 Å². The summed E-state index contributed by atoms with van der Waals surface area (Å²) in [7, 11) is -1.80. The summed E-state index contributed by atoms with van der Waals surface area (Å²) < 4.78 is 0. The van der Waals surface area contributed by atoms with Gasteiger partial charge in [-0.15, -0.1) is 10.0 Å². The first-order valence-corrected chi connectivity index (χ1v) is 20.1. The van der Waals surface area contributed by atoms with Crippen LogP contribution in [-0.2, 0) is 0 Å². The average Bonchev–Trinajstić information content (AvgIpc) is 3.58. The van der Waals surface area contributed by atoms with Crippen molar-refractivity contribution >= 4 is 10.0 Å². The summed E-state index contributed by atoms with van der Waals surface area (Å²) >= 11 is 0. The zero-order chi connectivity index (χ0) is 36.6. The van der Waals surface area contributed by atoms with E-state index in [0.29, 0.717) is 17.5 Å². The van der Waals surface area contributed by atoms with Crippen LogP contribution >= 0.6 is 10.0 Å². The molecule has 260 valence electrons. The van der Waals surface area contributed by atoms with E-state index in [4.69, 9.17) is 15.0 Å². The first kappa shape index (κ1) is 32.7. The molecule has 0 amide bonds. The molecule has 1 aromatic heterocycles. The van der Waals surface area contributed by atoms with Gasteiger partial charge in [0.25, 0.3) is 0 Å². The first-order chi connectivity index (χ1) is 27.3. The van der Waals surface area contributed by atoms with E-state index in [1.807, 2.05) is 24.3 Å². The van der Waals surface area contributed by atoms with Gasteiger partial charge in [0.1, 0.15) is 0 Å². The van der Waals surface area contributed by atoms with Crippen LogP contribution in [0.5, 0.6) is 0 Å². The van der Waals surface area contributed by atoms with Gasteiger partial charge in [0.2, 0.25) is 0 Å². The Morgan fingerprint density at radius 3 is 1.27 bits per heavy atom. The van der Waals surface area contributed by atoms with Crippen LogP contribution in [0.3, 0.4) is 0 Å². The fraction of sp³-hybridized carbons (Fsp3) is 0. The SMILES string of the molecule is c1ccc(-c2ccc(-c3nc(-c4ccccc4)nc(-c4ccccc4-c4ccc5c(c4)S(c4ccccc4)(c4ccccc4)c4ccccc4-5)n3)cc2)cc1. The van der Waals surface area contributed by atoms with Gasteiger partial charge in [-0.05, 0) is 69.8 Å². The Labute approximate surface area is 323 Å². The molecule has 0 bridgehead atoms. The Hall–Kier alpha value is -6.88. The van der Waals surface area contributed by atoms with Crippen molar-refractivity contribution in [2.45, 2.75) is 19.6 Å². The van der Waals surface area contributed by atoms with Crippen LogP contribution in [0.15, 0.2) is 232 Å². The molecule has 2 heterocycles. The fourth-order valence-electron chi connectivity index (χ4n) is 7.85. The van der Waals surface area contributed by atoms with Crippen molar-refractivity contribution in [2.75, 3.05) is 0 Å². The lowest BCUT2D eigenvalue weighted by Gasteiger charge is -2.39. The van der Waals surface area contributed by atoms with Crippen LogP contribution in [0, 0.1) is 0 Å². The lowest BCUT2D eigenvalue weighted by atomic mass is 9.96. The molecule has 0 saturated heterocycles. The minimum atomic E-state index is -1.80. The lowest BCUT2D eigenvalue weighted by Crippen LogP contribution is -2.02. The average molecular weight is 722 g/mol. The maximum atomic E-state index is 5.20. The summed E-state index contributed by atoms with van der Waals surface area (Å²) in [6, 6.07) is 75.7. The zero-order valence-corrected chi connectivity index (χ0v) is 30.8. The molecular formula is C51H35N3S. The van der Waals surface area contributed by atoms with Crippen molar-refractivity contribution in [2.24, 2.45) is 0 Å². The molecule has 0 atom stereocenters. The Bertz CT molecular complexity index is 2750. The molecule has 9 aromatic rings. The van der Waals surface area contributed by atoms with Crippen molar-refractivity contribution in [1.82, 2.24) is 15.0 Å². The number of hydrogen-bond acceptors (Lipinski definition) is 3. The minimum absolute atomic E-state index is 0.638. The molecule has 1 aliphatic rings. The second kappa shape index (κ2) is 13.8. The molecule has 0 aliphatic carbocycles. The minimum Gasteiger partial charge on any atom is -0.208 e. The van der Waals surface area contributed by atoms with Crippen LogP contribution in [0.2, 0.25) is 0 Å². The number of nitrogens with zero attached hydrogens (tertiary/aromatic N) is 3. The predicted molar refractivity (Wildman–Crippen MR) is 226 cm³/mol. The highest BCUT2D eigenvalue weighted by atomic mass is 32.3. The van der Waals surface area contributed by atoms with E-state index < -0.39 is 10.0 Å². The van der Waals surface area contributed by atoms with Crippen LogP contribution in [-0.4, -0.2) is 15.0 Å². The zero-order valence-electron chi connectivity index (χ0n) is 30.0. The van der Waals surface area contributed by atoms with E-state index in [0.717, 1.165) is 33.4 Å². The summed E-state index contributed by atoms with van der Waals surface area (Å²) in [6.07, 6.45) is 0. The third-order valence-electron chi connectivity index (χ3n) is 10.4. The normalized spacial score (nSPS) is 13.1. The van der Waals surface area contributed by atoms with Crippen LogP contribution in [0.4, 0.5) is 0 Å². The van der Waals surface area contributed by atoms with E-state index in [-0.39, 0.29) is 0 Å². The quantitative estimate of drug-likeness (QED) is 0.164. The molecule has 0 radical (unpaired) electrons. The molecule has 4 heteroatoms. The molecule has 0 spiro atoms. The van der Waals surface area contributed by atoms with Crippen molar-refractivity contribution in [3.8, 4) is 67.5 Å². The van der Waals surface area contributed by atoms with E-state index in [1.165, 1.54) is 36.3 Å². The molecule has 10 rings (SSSR count). The summed E-state index contributed by atoms with van der Waals surface area (Å²) in [5, 5.41) is 0. The number of benzene rings is 8. The maximum Gasteiger partial charge on any atom is 0.164 e. The van der Waals surface area contributed by atoms with Gasteiger partial charge in [-0.1, -0.05) is 176 Å². The van der Waals surface area contributed by atoms with Gasteiger partial charge in [-0.2, -0.15) is 0 Å². The Balaban J connectivity index is 1.16. The fourth-order valence-corrected chi connectivity index (χ4v) is 12.1. The highest BCUT2D eigenvalue weighted by Gasteiger charge is 2.42. The first-order valence-electron chi connectivity index (χ1n) is 18.5. The largest absolute Gasteiger partial charge is 0.208 e. The van der Waals surface area contributed by atoms with Crippen molar-refractivity contribution in [3.63, 3.8) is 0 Å². The molecule has 3 nitrogen and oxygen atoms in total. The molecular weight excluding hydrogens is 687 g/mol. The monoisotopic (exact) mass is 721 g/mol. The number of aromatic nitrogens is 3. The molecule has 0 saturated carbocycles. The molecule has 1 aliphatic heterocycles. The maximum absolute atomic E-state index is 5.20. The van der Waals surface area contributed by atoms with Crippen molar-refractivity contribution < 1.29 is 0 Å². The Kier molecular flexibility index (Phi) is 8.24. The topological polar surface area (TPSA) is 38.7 Å². The van der Waals surface area contributed by atoms with E-state index >= 15 is 0 Å². The van der Waals surface area contributed by atoms with E-state index in [2.05, 4.69) is 188 Å². The molecule has 0 unspecified atom stereocenters. The third kappa shape index (κ3) is 5.67. The van der Waals surface area contributed by atoms with Gasteiger partial charge >= 0.3 is 0 Å². The standard InChI is InChI=1S/C51H35N3S/c1-5-17-36(18-6-1)37-29-31-39(32-30-37)50-52-49(38-19-7-2-8-20-38)53-51(54-50)46-27-14-13-25-43(46)40-33-34-45-44-26-15-16-28-47(44)55(48(45)35-40,41-21-9-3-10-22-41)42-23-11-4-12-24-42/h1-35H. The summed E-state index contributed by atoms with van der Waals surface area (Å²) in [5.41, 5.74) is 9.95. The smallest absolute Gasteiger partial charge is 0.164 e. The second-order valence-corrected chi connectivity index (χ2v) is 16.7. The van der Waals surface area contributed by atoms with Crippen LogP contribution in [0.25, 0.3) is 67.5 Å². The molecule has 0 fully saturated rings. The van der Waals surface area contributed by atoms with E-state index in [1.54, 1.807) is 0 Å². The third-order valence-corrected chi connectivity index (χ3v) is 14.4. The van der Waals surface area contributed by atoms with Crippen LogP contribution < -0.4 is 0 Å². The van der Waals surface area contributed by atoms with E-state index in [9.17, 15) is 0 Å². The summed E-state index contributed by atoms with van der Waals surface area (Å²) in [4.78, 5) is 20.8. The van der Waals surface area contributed by atoms with Gasteiger partial charge in [-0.3, -0.25) is 0 Å². The van der Waals surface area contributed by atoms with Gasteiger partial charge < -0.3 is 0 Å². The number of rotatable bonds is 7. The van der Waals surface area contributed by atoms with Gasteiger partial charge in [0.05, 0.1) is 0 Å². The lowest BCUT2D eigenvalue weighted by molar-refractivity contribution is 1.07. The number of hydrogen-bond donors (Lipinski definition) is 0.